The highest BCUT2D eigenvalue weighted by Gasteiger charge is 2.21. The van der Waals surface area contributed by atoms with Crippen LogP contribution in [0.25, 0.3) is 0 Å². The first kappa shape index (κ1) is 45.8. The Morgan fingerprint density at radius 1 is 0.769 bits per heavy atom. The van der Waals surface area contributed by atoms with E-state index in [4.69, 9.17) is 5.73 Å². The van der Waals surface area contributed by atoms with Crippen LogP contribution < -0.4 is 11.1 Å². The molecule has 0 aromatic rings. The number of nitrogens with two attached hydrogens (primary N) is 1. The molecular formula is C34H81N5. The SMILES string of the molecule is CC.CC.CC.CC.CC(C)CN1CCC(CCCCN)CC1.CCN(C)C1CCN(CCNC(C)C)CC1. The average molecular weight is 560 g/mol. The topological polar surface area (TPSA) is 47.8 Å². The molecule has 0 bridgehead atoms. The molecule has 5 heteroatoms. The summed E-state index contributed by atoms with van der Waals surface area (Å²) in [5.74, 6) is 1.80. The molecule has 2 rings (SSSR count). The fourth-order valence-electron chi connectivity index (χ4n) is 4.90. The van der Waals surface area contributed by atoms with Crippen molar-refractivity contribution in [3.8, 4) is 0 Å². The standard InChI is InChI=1S/C13H29N3.C13H28N2.4C2H6/c1-5-15(4)13-6-9-16(10-7-13)11-8-14-12(2)3;1-12(2)11-15-9-6-13(7-10-15)5-3-4-8-14;4*1-2/h12-14H,5-11H2,1-4H3;12-13H,3-11,14H2,1-2H3;4*1-2H3. The van der Waals surface area contributed by atoms with Crippen LogP contribution in [0.4, 0.5) is 0 Å². The molecule has 0 aromatic carbocycles. The van der Waals surface area contributed by atoms with Crippen molar-refractivity contribution >= 4 is 0 Å². The van der Waals surface area contributed by atoms with Crippen molar-refractivity contribution in [3.63, 3.8) is 0 Å². The summed E-state index contributed by atoms with van der Waals surface area (Å²) in [6.07, 6.45) is 9.47. The normalized spacial score (nSPS) is 16.5. The summed E-state index contributed by atoms with van der Waals surface area (Å²) in [5, 5.41) is 3.49. The van der Waals surface area contributed by atoms with Gasteiger partial charge in [-0.3, -0.25) is 0 Å². The van der Waals surface area contributed by atoms with Crippen molar-refractivity contribution in [3.05, 3.63) is 0 Å². The number of unbranched alkanes of at least 4 members (excludes halogenated alkanes) is 1. The van der Waals surface area contributed by atoms with Crippen LogP contribution in [-0.4, -0.2) is 92.7 Å². The highest BCUT2D eigenvalue weighted by atomic mass is 15.2. The molecular weight excluding hydrogens is 478 g/mol. The fraction of sp³-hybridized carbons (Fsp3) is 1.00. The molecule has 0 spiro atoms. The number of nitrogens with zero attached hydrogens (tertiary/aromatic N) is 3. The molecule has 0 amide bonds. The van der Waals surface area contributed by atoms with Gasteiger partial charge in [0.15, 0.2) is 0 Å². The molecule has 3 N–H and O–H groups in total. The van der Waals surface area contributed by atoms with Crippen molar-refractivity contribution in [2.24, 2.45) is 17.6 Å². The minimum atomic E-state index is 0.615. The average Bonchev–Trinajstić information content (AvgIpc) is 2.98. The molecule has 0 aliphatic carbocycles. The number of nitrogens with one attached hydrogen (secondary N) is 1. The number of piperidine rings is 2. The fourth-order valence-corrected chi connectivity index (χ4v) is 4.90. The molecule has 39 heavy (non-hydrogen) atoms. The maximum absolute atomic E-state index is 5.51. The molecule has 2 aliphatic rings. The van der Waals surface area contributed by atoms with Crippen molar-refractivity contribution in [1.29, 1.82) is 0 Å². The Bertz CT molecular complexity index is 400. The Morgan fingerprint density at radius 2 is 1.26 bits per heavy atom. The Kier molecular flexibility index (Phi) is 42.1. The number of likely N-dealkylation sites (tertiary alicyclic amines) is 2. The maximum Gasteiger partial charge on any atom is 0.0116 e. The van der Waals surface area contributed by atoms with Gasteiger partial charge >= 0.3 is 0 Å². The van der Waals surface area contributed by atoms with Gasteiger partial charge in [0.05, 0.1) is 0 Å². The second-order valence-corrected chi connectivity index (χ2v) is 10.7. The van der Waals surface area contributed by atoms with Crippen LogP contribution in [0.5, 0.6) is 0 Å². The van der Waals surface area contributed by atoms with Gasteiger partial charge in [0, 0.05) is 31.7 Å². The van der Waals surface area contributed by atoms with E-state index in [0.29, 0.717) is 6.04 Å². The summed E-state index contributed by atoms with van der Waals surface area (Å²) in [6.45, 7) is 38.2. The third kappa shape index (κ3) is 29.1. The summed E-state index contributed by atoms with van der Waals surface area (Å²) in [4.78, 5) is 7.71. The van der Waals surface area contributed by atoms with Gasteiger partial charge in [-0.2, -0.15) is 0 Å². The van der Waals surface area contributed by atoms with Crippen molar-refractivity contribution in [2.45, 2.75) is 147 Å². The lowest BCUT2D eigenvalue weighted by Crippen LogP contribution is -2.45. The van der Waals surface area contributed by atoms with E-state index in [1.54, 1.807) is 0 Å². The summed E-state index contributed by atoms with van der Waals surface area (Å²) in [7, 11) is 2.25. The maximum atomic E-state index is 5.51. The van der Waals surface area contributed by atoms with Crippen LogP contribution in [0.15, 0.2) is 0 Å². The first-order chi connectivity index (χ1) is 18.8. The minimum Gasteiger partial charge on any atom is -0.330 e. The summed E-state index contributed by atoms with van der Waals surface area (Å²) < 4.78 is 0. The lowest BCUT2D eigenvalue weighted by atomic mass is 9.91. The highest BCUT2D eigenvalue weighted by Crippen LogP contribution is 2.22. The zero-order chi connectivity index (χ0) is 31.1. The smallest absolute Gasteiger partial charge is 0.0116 e. The molecule has 2 fully saturated rings. The summed E-state index contributed by atoms with van der Waals surface area (Å²) >= 11 is 0. The molecule has 2 saturated heterocycles. The van der Waals surface area contributed by atoms with E-state index in [1.165, 1.54) is 90.8 Å². The van der Waals surface area contributed by atoms with E-state index in [1.807, 2.05) is 55.4 Å². The van der Waals surface area contributed by atoms with Crippen LogP contribution in [0.2, 0.25) is 0 Å². The van der Waals surface area contributed by atoms with Crippen LogP contribution in [0, 0.1) is 11.8 Å². The van der Waals surface area contributed by atoms with E-state index >= 15 is 0 Å². The minimum absolute atomic E-state index is 0.615. The lowest BCUT2D eigenvalue weighted by Gasteiger charge is -2.36. The third-order valence-electron chi connectivity index (χ3n) is 7.06. The van der Waals surface area contributed by atoms with Gasteiger partial charge < -0.3 is 25.8 Å². The Balaban J connectivity index is -0.000000250. The van der Waals surface area contributed by atoms with Crippen molar-refractivity contribution < 1.29 is 0 Å². The van der Waals surface area contributed by atoms with Gasteiger partial charge in [-0.25, -0.2) is 0 Å². The first-order valence-electron chi connectivity index (χ1n) is 17.4. The Morgan fingerprint density at radius 3 is 1.67 bits per heavy atom. The van der Waals surface area contributed by atoms with Gasteiger partial charge in [0.2, 0.25) is 0 Å². The lowest BCUT2D eigenvalue weighted by molar-refractivity contribution is 0.132. The number of rotatable bonds is 12. The van der Waals surface area contributed by atoms with E-state index in [-0.39, 0.29) is 0 Å². The molecule has 0 aromatic heterocycles. The molecule has 2 aliphatic heterocycles. The molecule has 242 valence electrons. The van der Waals surface area contributed by atoms with Gasteiger partial charge in [-0.05, 0) is 90.3 Å². The summed E-state index contributed by atoms with van der Waals surface area (Å²) in [6, 6.07) is 1.43. The predicted octanol–water partition coefficient (Wildman–Crippen LogP) is 7.99. The second kappa shape index (κ2) is 35.8. The number of hydrogen-bond donors (Lipinski definition) is 2. The van der Waals surface area contributed by atoms with E-state index in [9.17, 15) is 0 Å². The Hall–Kier alpha value is -0.200. The van der Waals surface area contributed by atoms with E-state index in [0.717, 1.165) is 31.0 Å². The van der Waals surface area contributed by atoms with Gasteiger partial charge in [-0.1, -0.05) is 103 Å². The molecule has 5 nitrogen and oxygen atoms in total. The van der Waals surface area contributed by atoms with Crippen molar-refractivity contribution in [2.75, 3.05) is 66.0 Å². The molecule has 0 saturated carbocycles. The van der Waals surface area contributed by atoms with Gasteiger partial charge in [-0.15, -0.1) is 0 Å². The van der Waals surface area contributed by atoms with Crippen LogP contribution in [-0.2, 0) is 0 Å². The first-order valence-corrected chi connectivity index (χ1v) is 17.4. The van der Waals surface area contributed by atoms with E-state index < -0.39 is 0 Å². The van der Waals surface area contributed by atoms with Gasteiger partial charge in [0.25, 0.3) is 0 Å². The molecule has 0 radical (unpaired) electrons. The monoisotopic (exact) mass is 560 g/mol. The molecule has 2 heterocycles. The molecule has 0 atom stereocenters. The highest BCUT2D eigenvalue weighted by molar-refractivity contribution is 4.78. The van der Waals surface area contributed by atoms with Crippen molar-refractivity contribution in [1.82, 2.24) is 20.0 Å². The van der Waals surface area contributed by atoms with E-state index in [2.05, 4.69) is 61.7 Å². The second-order valence-electron chi connectivity index (χ2n) is 10.7. The van der Waals surface area contributed by atoms with Crippen LogP contribution in [0.1, 0.15) is 135 Å². The quantitative estimate of drug-likeness (QED) is 0.237. The summed E-state index contributed by atoms with van der Waals surface area (Å²) in [5.41, 5.74) is 5.51. The predicted molar refractivity (Wildman–Crippen MR) is 183 cm³/mol. The van der Waals surface area contributed by atoms with Crippen LogP contribution in [0.3, 0.4) is 0 Å². The van der Waals surface area contributed by atoms with Crippen LogP contribution >= 0.6 is 0 Å². The number of hydrogen-bond acceptors (Lipinski definition) is 5. The largest absolute Gasteiger partial charge is 0.330 e. The van der Waals surface area contributed by atoms with Gasteiger partial charge in [0.1, 0.15) is 0 Å². The zero-order valence-electron chi connectivity index (χ0n) is 30.0. The third-order valence-corrected chi connectivity index (χ3v) is 7.06. The Labute approximate surface area is 250 Å². The molecule has 0 unspecified atom stereocenters. The zero-order valence-corrected chi connectivity index (χ0v) is 30.0.